The highest BCUT2D eigenvalue weighted by molar-refractivity contribution is 6.12. The van der Waals surface area contributed by atoms with Gasteiger partial charge in [-0.3, -0.25) is 0 Å². The molecule has 2 fully saturated rings. The van der Waals surface area contributed by atoms with Gasteiger partial charge in [-0.1, -0.05) is 0 Å². The fourth-order valence-corrected chi connectivity index (χ4v) is 2.23. The molecule has 0 bridgehead atoms. The van der Waals surface area contributed by atoms with Gasteiger partial charge in [-0.15, -0.1) is 0 Å². The van der Waals surface area contributed by atoms with Crippen molar-refractivity contribution < 1.29 is 19.3 Å². The van der Waals surface area contributed by atoms with Crippen molar-refractivity contribution in [2.75, 3.05) is 6.61 Å². The van der Waals surface area contributed by atoms with Gasteiger partial charge in [-0.05, 0) is 20.8 Å². The smallest absolute Gasteiger partial charge is 0.164 e. The predicted molar refractivity (Wildman–Crippen MR) is 49.9 cm³/mol. The van der Waals surface area contributed by atoms with Gasteiger partial charge in [0.05, 0.1) is 6.61 Å². The van der Waals surface area contributed by atoms with E-state index < -0.39 is 23.5 Å². The van der Waals surface area contributed by atoms with Crippen LogP contribution in [0.4, 0.5) is 0 Å². The average molecular weight is 198 g/mol. The van der Waals surface area contributed by atoms with Crippen molar-refractivity contribution in [2.45, 2.75) is 50.4 Å². The van der Waals surface area contributed by atoms with Crippen molar-refractivity contribution in [3.05, 3.63) is 0 Å². The van der Waals surface area contributed by atoms with Crippen molar-refractivity contribution in [3.63, 3.8) is 0 Å². The highest BCUT2D eigenvalue weighted by Gasteiger charge is 2.61. The SMILES string of the molecule is [B][C@@H]1O[C@H](CO)[C@H]2OC(C)(C)O[C@@]12C. The second kappa shape index (κ2) is 2.95. The molecule has 1 N–H and O–H groups in total. The van der Waals surface area contributed by atoms with Gasteiger partial charge in [0.2, 0.25) is 0 Å². The molecule has 2 heterocycles. The summed E-state index contributed by atoms with van der Waals surface area (Å²) in [5, 5.41) is 9.10. The lowest BCUT2D eigenvalue weighted by Crippen LogP contribution is -2.44. The van der Waals surface area contributed by atoms with Crippen LogP contribution < -0.4 is 0 Å². The number of aliphatic hydroxyl groups is 1. The molecule has 2 saturated heterocycles. The van der Waals surface area contributed by atoms with Crippen molar-refractivity contribution in [2.24, 2.45) is 0 Å². The molecule has 0 unspecified atom stereocenters. The first kappa shape index (κ1) is 10.4. The molecule has 2 aliphatic rings. The first-order valence-electron chi connectivity index (χ1n) is 4.79. The Labute approximate surface area is 84.9 Å². The number of fused-ring (bicyclic) bond motifs is 1. The van der Waals surface area contributed by atoms with Crippen LogP contribution in [0.2, 0.25) is 0 Å². The van der Waals surface area contributed by atoms with Gasteiger partial charge < -0.3 is 19.3 Å². The molecule has 4 nitrogen and oxygen atoms in total. The van der Waals surface area contributed by atoms with E-state index in [0.717, 1.165) is 0 Å². The molecule has 0 aromatic rings. The maximum atomic E-state index is 9.10. The van der Waals surface area contributed by atoms with Crippen LogP contribution in [0.3, 0.4) is 0 Å². The second-order valence-electron chi connectivity index (χ2n) is 4.50. The van der Waals surface area contributed by atoms with Crippen LogP contribution in [-0.2, 0) is 14.2 Å². The summed E-state index contributed by atoms with van der Waals surface area (Å²) in [6, 6.07) is -0.550. The average Bonchev–Trinajstić information content (AvgIpc) is 2.42. The maximum Gasteiger partial charge on any atom is 0.164 e. The van der Waals surface area contributed by atoms with Gasteiger partial charge >= 0.3 is 0 Å². The third kappa shape index (κ3) is 1.31. The lowest BCUT2D eigenvalue weighted by molar-refractivity contribution is -0.195. The Hall–Kier alpha value is -0.0951. The lowest BCUT2D eigenvalue weighted by Gasteiger charge is -2.27. The lowest BCUT2D eigenvalue weighted by atomic mass is 9.82. The zero-order valence-electron chi connectivity index (χ0n) is 8.69. The molecule has 2 rings (SSSR count). The van der Waals surface area contributed by atoms with Gasteiger partial charge in [-0.2, -0.15) is 0 Å². The number of aliphatic hydroxyl groups excluding tert-OH is 1. The summed E-state index contributed by atoms with van der Waals surface area (Å²) >= 11 is 0. The normalized spacial score (nSPS) is 50.7. The molecular formula is C9H15BO4. The molecule has 4 atom stereocenters. The third-order valence-corrected chi connectivity index (χ3v) is 2.85. The van der Waals surface area contributed by atoms with Crippen LogP contribution in [-0.4, -0.2) is 49.2 Å². The van der Waals surface area contributed by atoms with Gasteiger partial charge in [-0.25, -0.2) is 0 Å². The first-order valence-corrected chi connectivity index (χ1v) is 4.79. The molecule has 14 heavy (non-hydrogen) atoms. The van der Waals surface area contributed by atoms with E-state index >= 15 is 0 Å². The Bertz CT molecular complexity index is 245. The summed E-state index contributed by atoms with van der Waals surface area (Å²) in [5.41, 5.74) is -0.656. The molecule has 2 radical (unpaired) electrons. The number of rotatable bonds is 1. The van der Waals surface area contributed by atoms with Crippen LogP contribution >= 0.6 is 0 Å². The topological polar surface area (TPSA) is 47.9 Å². The van der Waals surface area contributed by atoms with Gasteiger partial charge in [0.1, 0.15) is 25.7 Å². The van der Waals surface area contributed by atoms with Crippen molar-refractivity contribution in [3.8, 4) is 0 Å². The Morgan fingerprint density at radius 2 is 2.00 bits per heavy atom. The summed E-state index contributed by atoms with van der Waals surface area (Å²) in [4.78, 5) is 0. The Morgan fingerprint density at radius 1 is 1.36 bits per heavy atom. The molecule has 5 heteroatoms. The van der Waals surface area contributed by atoms with E-state index in [1.165, 1.54) is 0 Å². The molecule has 2 aliphatic heterocycles. The van der Waals surface area contributed by atoms with Crippen LogP contribution in [0.25, 0.3) is 0 Å². The zero-order chi connectivity index (χ0) is 10.6. The number of ether oxygens (including phenoxy) is 3. The quantitative estimate of drug-likeness (QED) is 0.592. The van der Waals surface area contributed by atoms with E-state index in [2.05, 4.69) is 0 Å². The van der Waals surface area contributed by atoms with Gasteiger partial charge in [0.25, 0.3) is 0 Å². The second-order valence-corrected chi connectivity index (χ2v) is 4.50. The first-order chi connectivity index (χ1) is 6.39. The van der Waals surface area contributed by atoms with Crippen LogP contribution in [0.1, 0.15) is 20.8 Å². The van der Waals surface area contributed by atoms with E-state index in [4.69, 9.17) is 27.2 Å². The highest BCUT2D eigenvalue weighted by Crippen LogP contribution is 2.45. The number of hydrogen-bond acceptors (Lipinski definition) is 4. The molecule has 0 aromatic carbocycles. The molecule has 0 aromatic heterocycles. The van der Waals surface area contributed by atoms with E-state index in [1.54, 1.807) is 0 Å². The van der Waals surface area contributed by atoms with Gasteiger partial charge in [0.15, 0.2) is 5.79 Å². The van der Waals surface area contributed by atoms with Crippen molar-refractivity contribution in [1.82, 2.24) is 0 Å². The monoisotopic (exact) mass is 198 g/mol. The molecule has 0 saturated carbocycles. The van der Waals surface area contributed by atoms with E-state index in [1.807, 2.05) is 20.8 Å². The van der Waals surface area contributed by atoms with Gasteiger partial charge in [0, 0.05) is 6.00 Å². The minimum atomic E-state index is -0.658. The highest BCUT2D eigenvalue weighted by atomic mass is 16.8. The molecule has 0 amide bonds. The van der Waals surface area contributed by atoms with Crippen molar-refractivity contribution >= 4 is 7.85 Å². The van der Waals surface area contributed by atoms with Crippen LogP contribution in [0, 0.1) is 0 Å². The van der Waals surface area contributed by atoms with Crippen molar-refractivity contribution in [1.29, 1.82) is 0 Å². The molecule has 78 valence electrons. The minimum absolute atomic E-state index is 0.104. The summed E-state index contributed by atoms with van der Waals surface area (Å²) in [7, 11) is 5.80. The van der Waals surface area contributed by atoms with Crippen LogP contribution in [0.15, 0.2) is 0 Å². The Kier molecular flexibility index (Phi) is 2.20. The minimum Gasteiger partial charge on any atom is -0.394 e. The fourth-order valence-electron chi connectivity index (χ4n) is 2.23. The summed E-state index contributed by atoms with van der Waals surface area (Å²) < 4.78 is 16.7. The predicted octanol–water partition coefficient (Wildman–Crippen LogP) is -0.218. The maximum absolute atomic E-state index is 9.10. The van der Waals surface area contributed by atoms with Crippen LogP contribution in [0.5, 0.6) is 0 Å². The molecule has 0 spiro atoms. The van der Waals surface area contributed by atoms with E-state index in [0.29, 0.717) is 0 Å². The third-order valence-electron chi connectivity index (χ3n) is 2.85. The molecule has 0 aliphatic carbocycles. The van der Waals surface area contributed by atoms with E-state index in [-0.39, 0.29) is 12.7 Å². The fraction of sp³-hybridized carbons (Fsp3) is 1.00. The summed E-state index contributed by atoms with van der Waals surface area (Å²) in [6.45, 7) is 5.41. The number of hydrogen-bond donors (Lipinski definition) is 1. The standard InChI is InChI=1S/C9H15BO4/c1-8(2)13-6-5(4-11)12-7(10)9(6,3)14-8/h5-7,11H,4H2,1-3H3/t5-,6-,7-,9-/m1/s1. The van der Waals surface area contributed by atoms with E-state index in [9.17, 15) is 0 Å². The summed E-state index contributed by atoms with van der Waals surface area (Å²) in [6.07, 6.45) is -0.686. The largest absolute Gasteiger partial charge is 0.394 e. The zero-order valence-corrected chi connectivity index (χ0v) is 8.69. The Morgan fingerprint density at radius 3 is 2.57 bits per heavy atom. The summed E-state index contributed by atoms with van der Waals surface area (Å²) in [5.74, 6) is -0.658. The Balaban J connectivity index is 2.26. The molecular weight excluding hydrogens is 183 g/mol.